The van der Waals surface area contributed by atoms with Crippen molar-refractivity contribution in [1.82, 2.24) is 0 Å². The maximum Gasteiger partial charge on any atom is 0.0551 e. The molecule has 2 N–H and O–H groups in total. The predicted molar refractivity (Wildman–Crippen MR) is 75.7 cm³/mol. The zero-order valence-corrected chi connectivity index (χ0v) is 10.8. The van der Waals surface area contributed by atoms with Gasteiger partial charge in [0.05, 0.1) is 6.04 Å². The summed E-state index contributed by atoms with van der Waals surface area (Å²) in [7, 11) is 0. The van der Waals surface area contributed by atoms with E-state index in [-0.39, 0.29) is 6.04 Å². The van der Waals surface area contributed by atoms with E-state index in [1.54, 1.807) is 0 Å². The van der Waals surface area contributed by atoms with Crippen LogP contribution in [0.1, 0.15) is 40.3 Å². The minimum absolute atomic E-state index is 0.00324. The lowest BCUT2D eigenvalue weighted by molar-refractivity contribution is 0.866. The van der Waals surface area contributed by atoms with Crippen molar-refractivity contribution in [2.24, 2.45) is 5.73 Å². The molecular formula is C17H19N. The first-order valence-electron chi connectivity index (χ1n) is 6.68. The summed E-state index contributed by atoms with van der Waals surface area (Å²) in [6, 6.07) is 15.3. The molecule has 0 radical (unpaired) electrons. The van der Waals surface area contributed by atoms with E-state index in [0.717, 1.165) is 0 Å². The molecule has 1 nitrogen and oxygen atoms in total. The van der Waals surface area contributed by atoms with E-state index in [0.29, 0.717) is 0 Å². The van der Waals surface area contributed by atoms with E-state index in [4.69, 9.17) is 5.73 Å². The highest BCUT2D eigenvalue weighted by Crippen LogP contribution is 2.27. The highest BCUT2D eigenvalue weighted by Gasteiger charge is 2.14. The first-order chi connectivity index (χ1) is 8.74. The lowest BCUT2D eigenvalue weighted by Gasteiger charge is -2.14. The van der Waals surface area contributed by atoms with Crippen molar-refractivity contribution in [1.29, 1.82) is 0 Å². The number of nitrogens with two attached hydrogens (primary N) is 1. The average Bonchev–Trinajstić information content (AvgIpc) is 2.86. The molecule has 0 aromatic heterocycles. The Hall–Kier alpha value is -1.60. The summed E-state index contributed by atoms with van der Waals surface area (Å²) in [5, 5.41) is 0. The van der Waals surface area contributed by atoms with Crippen molar-refractivity contribution in [3.63, 3.8) is 0 Å². The molecule has 0 saturated carbocycles. The van der Waals surface area contributed by atoms with Crippen LogP contribution in [0.3, 0.4) is 0 Å². The van der Waals surface area contributed by atoms with E-state index in [1.807, 2.05) is 0 Å². The van der Waals surface area contributed by atoms with Crippen LogP contribution in [-0.4, -0.2) is 0 Å². The molecule has 1 aliphatic carbocycles. The van der Waals surface area contributed by atoms with Crippen LogP contribution in [0.4, 0.5) is 0 Å². The molecule has 0 spiro atoms. The maximum atomic E-state index is 6.36. The second-order valence-electron chi connectivity index (χ2n) is 5.27. The number of aryl methyl sites for hydroxylation is 3. The summed E-state index contributed by atoms with van der Waals surface area (Å²) in [5.74, 6) is 0. The molecule has 0 aliphatic heterocycles. The van der Waals surface area contributed by atoms with Gasteiger partial charge in [0.1, 0.15) is 0 Å². The zero-order valence-electron chi connectivity index (χ0n) is 10.8. The van der Waals surface area contributed by atoms with E-state index in [9.17, 15) is 0 Å². The maximum absolute atomic E-state index is 6.36. The molecule has 0 saturated heterocycles. The highest BCUT2D eigenvalue weighted by atomic mass is 14.6. The monoisotopic (exact) mass is 237 g/mol. The molecule has 0 amide bonds. The van der Waals surface area contributed by atoms with E-state index >= 15 is 0 Å². The fraction of sp³-hybridized carbons (Fsp3) is 0.294. The number of hydrogen-bond donors (Lipinski definition) is 1. The first kappa shape index (κ1) is 11.5. The standard InChI is InChI=1S/C17H19N/c1-12-5-7-14(8-6-12)17(18)16-10-9-13-3-2-4-15(13)11-16/h5-11,17H,2-4,18H2,1H3. The van der Waals surface area contributed by atoms with Gasteiger partial charge in [0.25, 0.3) is 0 Å². The fourth-order valence-electron chi connectivity index (χ4n) is 2.75. The van der Waals surface area contributed by atoms with E-state index in [2.05, 4.69) is 49.4 Å². The van der Waals surface area contributed by atoms with Gasteiger partial charge in [-0.05, 0) is 48.4 Å². The Labute approximate surface area is 109 Å². The van der Waals surface area contributed by atoms with Gasteiger partial charge in [-0.25, -0.2) is 0 Å². The minimum atomic E-state index is -0.00324. The molecule has 1 aliphatic rings. The molecule has 1 unspecified atom stereocenters. The lowest BCUT2D eigenvalue weighted by Crippen LogP contribution is -2.12. The van der Waals surface area contributed by atoms with Gasteiger partial charge in [0.15, 0.2) is 0 Å². The lowest BCUT2D eigenvalue weighted by atomic mass is 9.96. The number of fused-ring (bicyclic) bond motifs is 1. The number of hydrogen-bond acceptors (Lipinski definition) is 1. The van der Waals surface area contributed by atoms with Gasteiger partial charge in [-0.1, -0.05) is 48.0 Å². The zero-order chi connectivity index (χ0) is 12.5. The van der Waals surface area contributed by atoms with Gasteiger partial charge >= 0.3 is 0 Å². The van der Waals surface area contributed by atoms with Crippen LogP contribution in [-0.2, 0) is 12.8 Å². The normalized spacial score (nSPS) is 15.4. The Morgan fingerprint density at radius 3 is 2.33 bits per heavy atom. The van der Waals surface area contributed by atoms with E-state index < -0.39 is 0 Å². The Bertz CT molecular complexity index is 554. The summed E-state index contributed by atoms with van der Waals surface area (Å²) >= 11 is 0. The molecule has 92 valence electrons. The summed E-state index contributed by atoms with van der Waals surface area (Å²) in [4.78, 5) is 0. The van der Waals surface area contributed by atoms with Crippen molar-refractivity contribution in [2.45, 2.75) is 32.2 Å². The molecule has 0 heterocycles. The molecule has 0 bridgehead atoms. The van der Waals surface area contributed by atoms with Crippen molar-refractivity contribution in [2.75, 3.05) is 0 Å². The van der Waals surface area contributed by atoms with Gasteiger partial charge in [0.2, 0.25) is 0 Å². The third-order valence-electron chi connectivity index (χ3n) is 3.92. The first-order valence-corrected chi connectivity index (χ1v) is 6.68. The average molecular weight is 237 g/mol. The second-order valence-corrected chi connectivity index (χ2v) is 5.27. The molecule has 18 heavy (non-hydrogen) atoms. The Morgan fingerprint density at radius 2 is 1.56 bits per heavy atom. The third kappa shape index (κ3) is 2.06. The summed E-state index contributed by atoms with van der Waals surface area (Å²) in [6.45, 7) is 2.10. The molecule has 3 rings (SSSR count). The molecule has 2 aromatic carbocycles. The molecular weight excluding hydrogens is 218 g/mol. The Balaban J connectivity index is 1.92. The topological polar surface area (TPSA) is 26.0 Å². The van der Waals surface area contributed by atoms with Crippen molar-refractivity contribution >= 4 is 0 Å². The van der Waals surface area contributed by atoms with E-state index in [1.165, 1.54) is 47.1 Å². The molecule has 2 aromatic rings. The second kappa shape index (κ2) is 4.58. The van der Waals surface area contributed by atoms with Crippen molar-refractivity contribution in [3.05, 3.63) is 70.3 Å². The van der Waals surface area contributed by atoms with Gasteiger partial charge in [0, 0.05) is 0 Å². The smallest absolute Gasteiger partial charge is 0.0551 e. The van der Waals surface area contributed by atoms with Crippen LogP contribution < -0.4 is 5.73 Å². The van der Waals surface area contributed by atoms with Gasteiger partial charge in [-0.2, -0.15) is 0 Å². The quantitative estimate of drug-likeness (QED) is 0.849. The largest absolute Gasteiger partial charge is 0.320 e. The number of benzene rings is 2. The van der Waals surface area contributed by atoms with Crippen LogP contribution in [0.2, 0.25) is 0 Å². The van der Waals surface area contributed by atoms with Crippen LogP contribution in [0.25, 0.3) is 0 Å². The van der Waals surface area contributed by atoms with Crippen LogP contribution in [0, 0.1) is 6.92 Å². The molecule has 1 atom stereocenters. The Morgan fingerprint density at radius 1 is 0.889 bits per heavy atom. The summed E-state index contributed by atoms with van der Waals surface area (Å²) < 4.78 is 0. The number of rotatable bonds is 2. The Kier molecular flexibility index (Phi) is 2.92. The highest BCUT2D eigenvalue weighted by molar-refractivity contribution is 5.40. The van der Waals surface area contributed by atoms with Gasteiger partial charge in [-0.15, -0.1) is 0 Å². The van der Waals surface area contributed by atoms with Crippen molar-refractivity contribution < 1.29 is 0 Å². The van der Waals surface area contributed by atoms with Crippen LogP contribution in [0.5, 0.6) is 0 Å². The third-order valence-corrected chi connectivity index (χ3v) is 3.92. The fourth-order valence-corrected chi connectivity index (χ4v) is 2.75. The summed E-state index contributed by atoms with van der Waals surface area (Å²) in [6.07, 6.45) is 3.73. The SMILES string of the molecule is Cc1ccc(C(N)c2ccc3c(c2)CCC3)cc1. The van der Waals surface area contributed by atoms with Gasteiger partial charge < -0.3 is 5.73 Å². The molecule has 0 fully saturated rings. The van der Waals surface area contributed by atoms with Crippen LogP contribution in [0.15, 0.2) is 42.5 Å². The molecule has 1 heteroatoms. The predicted octanol–water partition coefficient (Wildman–Crippen LogP) is 3.53. The summed E-state index contributed by atoms with van der Waals surface area (Å²) in [5.41, 5.74) is 13.1. The minimum Gasteiger partial charge on any atom is -0.320 e. The van der Waals surface area contributed by atoms with Crippen molar-refractivity contribution in [3.8, 4) is 0 Å². The van der Waals surface area contributed by atoms with Gasteiger partial charge in [-0.3, -0.25) is 0 Å². The van der Waals surface area contributed by atoms with Crippen LogP contribution >= 0.6 is 0 Å².